The number of hydrogen-bond donors (Lipinski definition) is 1. The molecular formula is C22H26N2O4S. The minimum absolute atomic E-state index is 0.0257. The van der Waals surface area contributed by atoms with Gasteiger partial charge in [-0.1, -0.05) is 48.0 Å². The van der Waals surface area contributed by atoms with Crippen LogP contribution in [0.3, 0.4) is 0 Å². The minimum atomic E-state index is -3.33. The van der Waals surface area contributed by atoms with Gasteiger partial charge in [-0.05, 0) is 32.6 Å². The van der Waals surface area contributed by atoms with Crippen LogP contribution in [0.5, 0.6) is 0 Å². The molecule has 7 heteroatoms. The molecule has 6 nitrogen and oxygen atoms in total. The average Bonchev–Trinajstić information content (AvgIpc) is 3.00. The molecule has 3 rings (SSSR count). The number of hydrogen-bond acceptors (Lipinski definition) is 5. The average molecular weight is 415 g/mol. The molecule has 0 bridgehead atoms. The summed E-state index contributed by atoms with van der Waals surface area (Å²) in [5, 5.41) is 3.56. The van der Waals surface area contributed by atoms with Crippen LogP contribution in [0.2, 0.25) is 0 Å². The van der Waals surface area contributed by atoms with Crippen LogP contribution >= 0.6 is 0 Å². The highest BCUT2D eigenvalue weighted by molar-refractivity contribution is 7.89. The number of carbonyl (C=O) groups is 1. The molecule has 0 saturated carbocycles. The summed E-state index contributed by atoms with van der Waals surface area (Å²) in [5.74, 6) is -0.612. The number of rotatable bonds is 7. The van der Waals surface area contributed by atoms with Crippen molar-refractivity contribution in [2.45, 2.75) is 18.7 Å². The van der Waals surface area contributed by atoms with E-state index >= 15 is 0 Å². The van der Waals surface area contributed by atoms with Crippen molar-refractivity contribution in [3.05, 3.63) is 71.0 Å². The van der Waals surface area contributed by atoms with Gasteiger partial charge < -0.3 is 14.6 Å². The number of carbonyl (C=O) groups excluding carboxylic acids is 1. The fourth-order valence-corrected chi connectivity index (χ4v) is 4.16. The molecule has 3 aromatic rings. The summed E-state index contributed by atoms with van der Waals surface area (Å²) in [6.07, 6.45) is 1.15. The van der Waals surface area contributed by atoms with Crippen molar-refractivity contribution in [1.82, 2.24) is 10.2 Å². The van der Waals surface area contributed by atoms with Crippen LogP contribution in [0.25, 0.3) is 11.0 Å². The molecule has 1 amide bonds. The molecule has 0 saturated heterocycles. The van der Waals surface area contributed by atoms with E-state index in [4.69, 9.17) is 4.42 Å². The van der Waals surface area contributed by atoms with Crippen LogP contribution in [-0.2, 0) is 15.6 Å². The standard InChI is InChI=1S/C22H26N2O4S/c1-15-9-11-16(12-10-15)19(24(2)3)13-23-22(25)21-18(14-29(4,26)27)17-7-5-6-8-20(17)28-21/h5-12,19H,13-14H2,1-4H3,(H,23,25). The summed E-state index contributed by atoms with van der Waals surface area (Å²) in [6.45, 7) is 2.39. The number of benzene rings is 2. The third-order valence-electron chi connectivity index (χ3n) is 4.85. The van der Waals surface area contributed by atoms with E-state index in [2.05, 4.69) is 5.32 Å². The Morgan fingerprint density at radius 1 is 1.10 bits per heavy atom. The first-order valence-electron chi connectivity index (χ1n) is 9.35. The Labute approximate surface area is 171 Å². The van der Waals surface area contributed by atoms with Gasteiger partial charge in [0.05, 0.1) is 11.8 Å². The smallest absolute Gasteiger partial charge is 0.287 e. The zero-order chi connectivity index (χ0) is 21.2. The summed E-state index contributed by atoms with van der Waals surface area (Å²) in [7, 11) is 0.568. The van der Waals surface area contributed by atoms with Gasteiger partial charge in [-0.15, -0.1) is 0 Å². The SMILES string of the molecule is Cc1ccc(C(CNC(=O)c2oc3ccccc3c2CS(C)(=O)=O)N(C)C)cc1. The minimum Gasteiger partial charge on any atom is -0.451 e. The molecule has 0 radical (unpaired) electrons. The molecule has 1 atom stereocenters. The second-order valence-electron chi connectivity index (χ2n) is 7.58. The Balaban J connectivity index is 1.87. The van der Waals surface area contributed by atoms with E-state index in [1.54, 1.807) is 24.3 Å². The van der Waals surface area contributed by atoms with Crippen LogP contribution in [-0.4, -0.2) is 46.1 Å². The van der Waals surface area contributed by atoms with Crippen molar-refractivity contribution in [3.8, 4) is 0 Å². The van der Waals surface area contributed by atoms with Gasteiger partial charge in [0.1, 0.15) is 5.58 Å². The third kappa shape index (κ3) is 5.05. The van der Waals surface area contributed by atoms with Gasteiger partial charge in [-0.3, -0.25) is 4.79 Å². The lowest BCUT2D eigenvalue weighted by Crippen LogP contribution is -2.34. The van der Waals surface area contributed by atoms with Gasteiger partial charge in [0.25, 0.3) is 5.91 Å². The molecule has 1 unspecified atom stereocenters. The lowest BCUT2D eigenvalue weighted by molar-refractivity contribution is 0.0915. The quantitative estimate of drug-likeness (QED) is 0.642. The van der Waals surface area contributed by atoms with Gasteiger partial charge in [0.2, 0.25) is 0 Å². The number of nitrogens with one attached hydrogen (secondary N) is 1. The summed E-state index contributed by atoms with van der Waals surface area (Å²) in [4.78, 5) is 14.9. The van der Waals surface area contributed by atoms with Crippen LogP contribution in [0, 0.1) is 6.92 Å². The highest BCUT2D eigenvalue weighted by atomic mass is 32.2. The van der Waals surface area contributed by atoms with Gasteiger partial charge in [0, 0.05) is 23.8 Å². The normalized spacial score (nSPS) is 13.0. The number of likely N-dealkylation sites (N-methyl/N-ethyl adjacent to an activating group) is 1. The van der Waals surface area contributed by atoms with E-state index in [0.717, 1.165) is 11.8 Å². The Morgan fingerprint density at radius 2 is 1.76 bits per heavy atom. The van der Waals surface area contributed by atoms with Crippen molar-refractivity contribution in [2.75, 3.05) is 26.9 Å². The molecule has 1 heterocycles. The summed E-state index contributed by atoms with van der Waals surface area (Å²) in [5.41, 5.74) is 3.15. The summed E-state index contributed by atoms with van der Waals surface area (Å²) < 4.78 is 29.5. The second-order valence-corrected chi connectivity index (χ2v) is 9.72. The van der Waals surface area contributed by atoms with E-state index in [1.165, 1.54) is 5.56 Å². The zero-order valence-electron chi connectivity index (χ0n) is 17.1. The molecule has 2 aromatic carbocycles. The number of fused-ring (bicyclic) bond motifs is 1. The maximum absolute atomic E-state index is 12.9. The topological polar surface area (TPSA) is 79.6 Å². The molecule has 1 aromatic heterocycles. The van der Waals surface area contributed by atoms with Crippen LogP contribution < -0.4 is 5.32 Å². The molecule has 0 aliphatic heterocycles. The molecule has 0 fully saturated rings. The van der Waals surface area contributed by atoms with Crippen molar-refractivity contribution in [1.29, 1.82) is 0 Å². The van der Waals surface area contributed by atoms with E-state index < -0.39 is 15.7 Å². The highest BCUT2D eigenvalue weighted by Crippen LogP contribution is 2.28. The maximum atomic E-state index is 12.9. The van der Waals surface area contributed by atoms with Crippen molar-refractivity contribution >= 4 is 26.7 Å². The maximum Gasteiger partial charge on any atom is 0.287 e. The van der Waals surface area contributed by atoms with Gasteiger partial charge in [0.15, 0.2) is 15.6 Å². The number of furan rings is 1. The molecule has 1 N–H and O–H groups in total. The molecule has 29 heavy (non-hydrogen) atoms. The number of nitrogens with zero attached hydrogens (tertiary/aromatic N) is 1. The van der Waals surface area contributed by atoms with Gasteiger partial charge >= 0.3 is 0 Å². The Bertz CT molecular complexity index is 1120. The lowest BCUT2D eigenvalue weighted by atomic mass is 10.0. The first kappa shape index (κ1) is 21.1. The summed E-state index contributed by atoms with van der Waals surface area (Å²) >= 11 is 0. The van der Waals surface area contributed by atoms with Crippen molar-refractivity contribution in [2.24, 2.45) is 0 Å². The first-order chi connectivity index (χ1) is 13.7. The Morgan fingerprint density at radius 3 is 2.38 bits per heavy atom. The number of amides is 1. The van der Waals surface area contributed by atoms with Crippen molar-refractivity contribution < 1.29 is 17.6 Å². The Kier molecular flexibility index (Phi) is 6.10. The van der Waals surface area contributed by atoms with Crippen LogP contribution in [0.1, 0.15) is 33.3 Å². The van der Waals surface area contributed by atoms with E-state index in [0.29, 0.717) is 23.1 Å². The van der Waals surface area contributed by atoms with Crippen molar-refractivity contribution in [3.63, 3.8) is 0 Å². The lowest BCUT2D eigenvalue weighted by Gasteiger charge is -2.25. The van der Waals surface area contributed by atoms with E-state index in [9.17, 15) is 13.2 Å². The molecular weight excluding hydrogens is 388 g/mol. The van der Waals surface area contributed by atoms with Gasteiger partial charge in [-0.25, -0.2) is 8.42 Å². The fraction of sp³-hybridized carbons (Fsp3) is 0.318. The molecule has 0 aliphatic rings. The second kappa shape index (κ2) is 8.39. The number of sulfone groups is 1. The Hall–Kier alpha value is -2.64. The molecule has 0 spiro atoms. The van der Waals surface area contributed by atoms with E-state index in [-0.39, 0.29) is 17.6 Å². The zero-order valence-corrected chi connectivity index (χ0v) is 17.9. The monoisotopic (exact) mass is 414 g/mol. The first-order valence-corrected chi connectivity index (χ1v) is 11.4. The summed E-state index contributed by atoms with van der Waals surface area (Å²) in [6, 6.07) is 15.2. The number of para-hydroxylation sites is 1. The third-order valence-corrected chi connectivity index (χ3v) is 5.67. The van der Waals surface area contributed by atoms with Crippen LogP contribution in [0.15, 0.2) is 52.9 Å². The van der Waals surface area contributed by atoms with Gasteiger partial charge in [-0.2, -0.15) is 0 Å². The van der Waals surface area contributed by atoms with E-state index in [1.807, 2.05) is 50.2 Å². The molecule has 154 valence electrons. The predicted molar refractivity (Wildman–Crippen MR) is 115 cm³/mol. The largest absolute Gasteiger partial charge is 0.451 e. The molecule has 0 aliphatic carbocycles. The number of aryl methyl sites for hydroxylation is 1. The predicted octanol–water partition coefficient (Wildman–Crippen LogP) is 3.32. The fourth-order valence-electron chi connectivity index (χ4n) is 3.34. The highest BCUT2D eigenvalue weighted by Gasteiger charge is 2.24. The van der Waals surface area contributed by atoms with Crippen LogP contribution in [0.4, 0.5) is 0 Å².